The van der Waals surface area contributed by atoms with Crippen molar-refractivity contribution in [1.29, 1.82) is 0 Å². The monoisotopic (exact) mass is 472 g/mol. The molecule has 4 rings (SSSR count). The molecule has 5 nitrogen and oxygen atoms in total. The number of β-lactam (4-membered cyclic amide) rings is 1. The van der Waals surface area contributed by atoms with Crippen LogP contribution in [-0.4, -0.2) is 31.3 Å². The first-order valence-corrected chi connectivity index (χ1v) is 14.6. The number of rotatable bonds is 8. The molecule has 34 heavy (non-hydrogen) atoms. The van der Waals surface area contributed by atoms with Crippen LogP contribution in [0.1, 0.15) is 32.4 Å². The van der Waals surface area contributed by atoms with Crippen molar-refractivity contribution in [3.8, 4) is 0 Å². The van der Waals surface area contributed by atoms with Crippen LogP contribution in [0.5, 0.6) is 0 Å². The van der Waals surface area contributed by atoms with Gasteiger partial charge in [0.05, 0.1) is 11.4 Å². The van der Waals surface area contributed by atoms with E-state index in [-0.39, 0.29) is 11.9 Å². The van der Waals surface area contributed by atoms with Crippen molar-refractivity contribution in [3.63, 3.8) is 0 Å². The summed E-state index contributed by atoms with van der Waals surface area (Å²) in [6, 6.07) is 30.7. The molecule has 1 fully saturated rings. The van der Waals surface area contributed by atoms with Crippen LogP contribution in [0.15, 0.2) is 91.0 Å². The van der Waals surface area contributed by atoms with Gasteiger partial charge in [-0.25, -0.2) is 4.79 Å². The fraction of sp³-hybridized carbons (Fsp3) is 0.286. The number of imide groups is 1. The van der Waals surface area contributed by atoms with E-state index < -0.39 is 20.5 Å². The average molecular weight is 473 g/mol. The van der Waals surface area contributed by atoms with Crippen molar-refractivity contribution >= 4 is 31.6 Å². The predicted octanol–water partition coefficient (Wildman–Crippen LogP) is 6.92. The lowest BCUT2D eigenvalue weighted by molar-refractivity contribution is -0.157. The predicted molar refractivity (Wildman–Crippen MR) is 139 cm³/mol. The molecule has 176 valence electrons. The first kappa shape index (κ1) is 23.9. The molecule has 0 spiro atoms. The van der Waals surface area contributed by atoms with Crippen molar-refractivity contribution in [2.45, 2.75) is 51.0 Å². The lowest BCUT2D eigenvalue weighted by Gasteiger charge is -2.49. The third-order valence-electron chi connectivity index (χ3n) is 6.92. The number of carbonyl (C=O) groups is 2. The Kier molecular flexibility index (Phi) is 7.29. The molecule has 0 saturated carbocycles. The second-order valence-electron chi connectivity index (χ2n) is 8.63. The molecule has 0 unspecified atom stereocenters. The summed E-state index contributed by atoms with van der Waals surface area (Å²) < 4.78 is 6.65. The topological polar surface area (TPSA) is 49.9 Å². The molecule has 1 aliphatic rings. The van der Waals surface area contributed by atoms with Crippen LogP contribution in [0.2, 0.25) is 18.1 Å². The van der Waals surface area contributed by atoms with Crippen LogP contribution in [0.25, 0.3) is 0 Å². The van der Waals surface area contributed by atoms with Gasteiger partial charge in [0.1, 0.15) is 6.04 Å². The highest BCUT2D eigenvalue weighted by Gasteiger charge is 2.55. The number of nitrogens with zero attached hydrogens (tertiary/aromatic N) is 2. The summed E-state index contributed by atoms with van der Waals surface area (Å²) in [7, 11) is -2.06. The number of likely N-dealkylation sites (tertiary alicyclic amines) is 1. The first-order chi connectivity index (χ1) is 16.5. The molecule has 3 aromatic rings. The second kappa shape index (κ2) is 10.4. The van der Waals surface area contributed by atoms with Gasteiger partial charge in [0.25, 0.3) is 5.91 Å². The van der Waals surface area contributed by atoms with Gasteiger partial charge in [0.2, 0.25) is 0 Å². The number of benzene rings is 3. The van der Waals surface area contributed by atoms with Crippen LogP contribution >= 0.6 is 0 Å². The van der Waals surface area contributed by atoms with E-state index in [0.717, 1.165) is 23.7 Å². The molecule has 0 bridgehead atoms. The Hall–Kier alpha value is -3.22. The average Bonchev–Trinajstić information content (AvgIpc) is 2.90. The van der Waals surface area contributed by atoms with E-state index in [1.165, 1.54) is 4.90 Å². The maximum absolute atomic E-state index is 14.0. The second-order valence-corrected chi connectivity index (χ2v) is 13.4. The van der Waals surface area contributed by atoms with Crippen LogP contribution < -0.4 is 4.90 Å². The van der Waals surface area contributed by atoms with Crippen LogP contribution in [0.4, 0.5) is 16.2 Å². The molecule has 1 heterocycles. The van der Waals surface area contributed by atoms with Gasteiger partial charge >= 0.3 is 6.03 Å². The van der Waals surface area contributed by atoms with Gasteiger partial charge in [-0.3, -0.25) is 14.6 Å². The van der Waals surface area contributed by atoms with Gasteiger partial charge in [-0.1, -0.05) is 87.5 Å². The van der Waals surface area contributed by atoms with Gasteiger partial charge in [-0.05, 0) is 48.0 Å². The summed E-state index contributed by atoms with van der Waals surface area (Å²) in [5.74, 6) is -0.261. The fourth-order valence-electron chi connectivity index (χ4n) is 4.67. The quantitative estimate of drug-likeness (QED) is 0.264. The highest BCUT2D eigenvalue weighted by molar-refractivity contribution is 6.73. The van der Waals surface area contributed by atoms with E-state index in [2.05, 4.69) is 20.8 Å². The normalized spacial score (nSPS) is 17.9. The zero-order chi connectivity index (χ0) is 24.1. The molecule has 2 atom stereocenters. The first-order valence-electron chi connectivity index (χ1n) is 12.0. The van der Waals surface area contributed by atoms with E-state index in [0.29, 0.717) is 11.4 Å². The largest absolute Gasteiger partial charge is 0.403 e. The third kappa shape index (κ3) is 4.43. The number of anilines is 2. The smallest absolute Gasteiger partial charge is 0.336 e. The minimum Gasteiger partial charge on any atom is -0.403 e. The van der Waals surface area contributed by atoms with Gasteiger partial charge in [0, 0.05) is 0 Å². The van der Waals surface area contributed by atoms with E-state index >= 15 is 0 Å². The molecule has 6 heteroatoms. The van der Waals surface area contributed by atoms with Crippen LogP contribution in [-0.2, 0) is 9.22 Å². The number of hydrogen-bond donors (Lipinski definition) is 0. The molecular formula is C28H32N2O3Si. The van der Waals surface area contributed by atoms with Crippen LogP contribution in [0, 0.1) is 0 Å². The SMILES string of the molecule is CC[Si](CC)(CC)O[C@@H]1C(=O)N(C(=O)N(c2ccccc2)c2ccccc2)[C@@H]1c1ccccc1. The standard InChI is InChI=1S/C28H32N2O3Si/c1-4-34(5-2,6-3)33-26-25(22-16-10-7-11-17-22)30(27(26)31)28(32)29(23-18-12-8-13-19-23)24-20-14-9-15-21-24/h7-21,25-26H,4-6H2,1-3H3/t25-,26+/m1/s1. The zero-order valence-corrected chi connectivity index (χ0v) is 21.1. The molecule has 1 saturated heterocycles. The van der Waals surface area contributed by atoms with E-state index in [1.54, 1.807) is 4.90 Å². The van der Waals surface area contributed by atoms with Crippen molar-refractivity contribution in [3.05, 3.63) is 96.6 Å². The summed E-state index contributed by atoms with van der Waals surface area (Å²) in [6.07, 6.45) is -0.633. The minimum atomic E-state index is -2.06. The summed E-state index contributed by atoms with van der Waals surface area (Å²) in [6.45, 7) is 6.44. The van der Waals surface area contributed by atoms with Gasteiger partial charge < -0.3 is 4.43 Å². The summed E-state index contributed by atoms with van der Waals surface area (Å²) in [5, 5.41) is 0. The molecule has 0 aromatic heterocycles. The molecule has 1 aliphatic heterocycles. The summed E-state index contributed by atoms with van der Waals surface area (Å²) >= 11 is 0. The maximum Gasteiger partial charge on any atom is 0.336 e. The summed E-state index contributed by atoms with van der Waals surface area (Å²) in [5.41, 5.74) is 2.33. The maximum atomic E-state index is 14.0. The van der Waals surface area contributed by atoms with Crippen molar-refractivity contribution in [2.24, 2.45) is 0 Å². The number of para-hydroxylation sites is 2. The Bertz CT molecular complexity index is 1060. The van der Waals surface area contributed by atoms with E-state index in [4.69, 9.17) is 4.43 Å². The third-order valence-corrected chi connectivity index (χ3v) is 11.5. The Morgan fingerprint density at radius 1 is 0.794 bits per heavy atom. The van der Waals surface area contributed by atoms with Crippen molar-refractivity contribution in [1.82, 2.24) is 4.90 Å². The number of carbonyl (C=O) groups excluding carboxylic acids is 2. The Labute approximate surface area is 203 Å². The van der Waals surface area contributed by atoms with Crippen molar-refractivity contribution in [2.75, 3.05) is 4.90 Å². The van der Waals surface area contributed by atoms with Crippen molar-refractivity contribution < 1.29 is 14.0 Å². The molecular weight excluding hydrogens is 440 g/mol. The Morgan fingerprint density at radius 3 is 1.68 bits per heavy atom. The molecule has 3 amide bonds. The number of amides is 3. The minimum absolute atomic E-state index is 0.261. The zero-order valence-electron chi connectivity index (χ0n) is 20.1. The fourth-order valence-corrected chi connectivity index (χ4v) is 7.43. The van der Waals surface area contributed by atoms with Crippen LogP contribution in [0.3, 0.4) is 0 Å². The number of urea groups is 1. The lowest BCUT2D eigenvalue weighted by Crippen LogP contribution is -2.66. The summed E-state index contributed by atoms with van der Waals surface area (Å²) in [4.78, 5) is 30.6. The Balaban J connectivity index is 1.74. The van der Waals surface area contributed by atoms with Gasteiger partial charge in [-0.15, -0.1) is 0 Å². The molecule has 3 aromatic carbocycles. The van der Waals surface area contributed by atoms with E-state index in [1.807, 2.05) is 91.0 Å². The van der Waals surface area contributed by atoms with Gasteiger partial charge in [0.15, 0.2) is 14.4 Å². The molecule has 0 aliphatic carbocycles. The van der Waals surface area contributed by atoms with E-state index in [9.17, 15) is 9.59 Å². The van der Waals surface area contributed by atoms with Gasteiger partial charge in [-0.2, -0.15) is 0 Å². The molecule has 0 N–H and O–H groups in total. The Morgan fingerprint density at radius 2 is 1.24 bits per heavy atom. The highest BCUT2D eigenvalue weighted by Crippen LogP contribution is 2.42. The number of hydrogen-bond acceptors (Lipinski definition) is 3. The lowest BCUT2D eigenvalue weighted by atomic mass is 9.91. The highest BCUT2D eigenvalue weighted by atomic mass is 28.4. The molecule has 0 radical (unpaired) electrons.